The van der Waals surface area contributed by atoms with Crippen molar-refractivity contribution in [3.63, 3.8) is 0 Å². The van der Waals surface area contributed by atoms with Crippen molar-refractivity contribution in [1.29, 1.82) is 0 Å². The predicted molar refractivity (Wildman–Crippen MR) is 91.8 cm³/mol. The van der Waals surface area contributed by atoms with E-state index in [2.05, 4.69) is 5.10 Å². The van der Waals surface area contributed by atoms with E-state index >= 15 is 0 Å². The van der Waals surface area contributed by atoms with Crippen molar-refractivity contribution in [2.45, 2.75) is 52.0 Å². The standard InChI is InChI=1S/C19H19F3N2O4/c1-10-7-16(18(26)27-10)28-17(25)9-15-11(2)23-24(12(15)3)14-6-4-5-13(8-14)19(20,21)22/h4-6,8,10,16H,7,9H2,1-3H3/t10-,16-/m0/s1. The number of carbonyl (C=O) groups excluding carboxylic acids is 2. The molecular formula is C19H19F3N2O4. The molecule has 0 bridgehead atoms. The van der Waals surface area contributed by atoms with Gasteiger partial charge in [-0.15, -0.1) is 0 Å². The van der Waals surface area contributed by atoms with Gasteiger partial charge in [0.05, 0.1) is 23.4 Å². The molecule has 2 heterocycles. The number of nitrogens with zero attached hydrogens (tertiary/aromatic N) is 2. The number of aromatic nitrogens is 2. The number of hydrogen-bond acceptors (Lipinski definition) is 5. The topological polar surface area (TPSA) is 70.4 Å². The highest BCUT2D eigenvalue weighted by Crippen LogP contribution is 2.31. The van der Waals surface area contributed by atoms with E-state index in [-0.39, 0.29) is 18.2 Å². The molecule has 0 spiro atoms. The normalized spacial score (nSPS) is 19.6. The van der Waals surface area contributed by atoms with Gasteiger partial charge in [0.1, 0.15) is 6.10 Å². The van der Waals surface area contributed by atoms with Gasteiger partial charge in [0, 0.05) is 17.7 Å². The average Bonchev–Trinajstić information content (AvgIpc) is 3.06. The predicted octanol–water partition coefficient (Wildman–Crippen LogP) is 3.30. The molecule has 150 valence electrons. The van der Waals surface area contributed by atoms with Crippen molar-refractivity contribution in [3.05, 3.63) is 46.8 Å². The lowest BCUT2D eigenvalue weighted by Crippen LogP contribution is -2.24. The highest BCUT2D eigenvalue weighted by atomic mass is 19.4. The zero-order valence-electron chi connectivity index (χ0n) is 15.5. The lowest BCUT2D eigenvalue weighted by molar-refractivity contribution is -0.160. The van der Waals surface area contributed by atoms with Crippen LogP contribution in [0.25, 0.3) is 5.69 Å². The zero-order chi connectivity index (χ0) is 20.6. The third kappa shape index (κ3) is 4.02. The summed E-state index contributed by atoms with van der Waals surface area (Å²) in [6, 6.07) is 4.79. The SMILES string of the molecule is Cc1nn(-c2cccc(C(F)(F)F)c2)c(C)c1CC(=O)O[C@H]1C[C@H](C)OC1=O. The molecule has 2 aromatic rings. The number of halogens is 3. The molecule has 6 nitrogen and oxygen atoms in total. The highest BCUT2D eigenvalue weighted by molar-refractivity contribution is 5.82. The Morgan fingerprint density at radius 1 is 1.36 bits per heavy atom. The van der Waals surface area contributed by atoms with Crippen molar-refractivity contribution >= 4 is 11.9 Å². The minimum absolute atomic E-state index is 0.144. The molecule has 1 aromatic heterocycles. The maximum absolute atomic E-state index is 13.0. The molecule has 1 fully saturated rings. The van der Waals surface area contributed by atoms with Crippen molar-refractivity contribution in [2.24, 2.45) is 0 Å². The summed E-state index contributed by atoms with van der Waals surface area (Å²) in [5, 5.41) is 4.27. The number of ether oxygens (including phenoxy) is 2. The lowest BCUT2D eigenvalue weighted by Gasteiger charge is -2.11. The Morgan fingerprint density at radius 3 is 2.68 bits per heavy atom. The van der Waals surface area contributed by atoms with Gasteiger partial charge in [-0.25, -0.2) is 9.48 Å². The van der Waals surface area contributed by atoms with Crippen molar-refractivity contribution in [1.82, 2.24) is 9.78 Å². The van der Waals surface area contributed by atoms with Crippen LogP contribution in [-0.4, -0.2) is 33.9 Å². The Kier molecular flexibility index (Phi) is 5.18. The van der Waals surface area contributed by atoms with E-state index in [9.17, 15) is 22.8 Å². The fourth-order valence-electron chi connectivity index (χ4n) is 3.16. The number of benzene rings is 1. The zero-order valence-corrected chi connectivity index (χ0v) is 15.5. The Labute approximate surface area is 159 Å². The quantitative estimate of drug-likeness (QED) is 0.742. The van der Waals surface area contributed by atoms with Crippen molar-refractivity contribution < 1.29 is 32.2 Å². The first kappa shape index (κ1) is 19.9. The molecule has 0 saturated carbocycles. The van der Waals surface area contributed by atoms with E-state index in [0.717, 1.165) is 12.1 Å². The van der Waals surface area contributed by atoms with E-state index in [4.69, 9.17) is 9.47 Å². The molecule has 0 aliphatic carbocycles. The second-order valence-electron chi connectivity index (χ2n) is 6.75. The number of esters is 2. The van der Waals surface area contributed by atoms with Gasteiger partial charge in [0.15, 0.2) is 0 Å². The Balaban J connectivity index is 1.81. The Hall–Kier alpha value is -2.84. The minimum Gasteiger partial charge on any atom is -0.460 e. The molecule has 0 radical (unpaired) electrons. The van der Waals surface area contributed by atoms with E-state index in [1.165, 1.54) is 16.8 Å². The summed E-state index contributed by atoms with van der Waals surface area (Å²) in [7, 11) is 0. The van der Waals surface area contributed by atoms with Crippen LogP contribution >= 0.6 is 0 Å². The molecule has 1 saturated heterocycles. The van der Waals surface area contributed by atoms with Crippen LogP contribution in [0.2, 0.25) is 0 Å². The molecule has 1 aliphatic heterocycles. The molecule has 0 N–H and O–H groups in total. The van der Waals surface area contributed by atoms with Gasteiger partial charge in [-0.05, 0) is 39.0 Å². The summed E-state index contributed by atoms with van der Waals surface area (Å²) in [6.07, 6.45) is -5.55. The maximum Gasteiger partial charge on any atom is 0.416 e. The van der Waals surface area contributed by atoms with Gasteiger partial charge in [0.25, 0.3) is 0 Å². The summed E-state index contributed by atoms with van der Waals surface area (Å²) in [6.45, 7) is 5.03. The first-order valence-corrected chi connectivity index (χ1v) is 8.69. The van der Waals surface area contributed by atoms with Crippen LogP contribution in [0.3, 0.4) is 0 Å². The number of alkyl halides is 3. The smallest absolute Gasteiger partial charge is 0.416 e. The first-order chi connectivity index (χ1) is 13.1. The van der Waals surface area contributed by atoms with Crippen molar-refractivity contribution in [3.8, 4) is 5.69 Å². The Morgan fingerprint density at radius 2 is 2.07 bits per heavy atom. The first-order valence-electron chi connectivity index (χ1n) is 8.69. The lowest BCUT2D eigenvalue weighted by atomic mass is 10.1. The molecule has 9 heteroatoms. The molecule has 3 rings (SSSR count). The van der Waals surface area contributed by atoms with Gasteiger partial charge in [-0.3, -0.25) is 4.79 Å². The largest absolute Gasteiger partial charge is 0.460 e. The van der Waals surface area contributed by atoms with E-state index in [1.807, 2.05) is 0 Å². The summed E-state index contributed by atoms with van der Waals surface area (Å²) >= 11 is 0. The molecule has 2 atom stereocenters. The van der Waals surface area contributed by atoms with Gasteiger partial charge in [-0.2, -0.15) is 18.3 Å². The molecule has 0 amide bonds. The fourth-order valence-corrected chi connectivity index (χ4v) is 3.16. The van der Waals surface area contributed by atoms with Gasteiger partial charge in [-0.1, -0.05) is 6.07 Å². The van der Waals surface area contributed by atoms with Gasteiger partial charge in [0.2, 0.25) is 6.10 Å². The second kappa shape index (κ2) is 7.29. The van der Waals surface area contributed by atoms with E-state index in [0.29, 0.717) is 23.4 Å². The third-order valence-corrected chi connectivity index (χ3v) is 4.58. The minimum atomic E-state index is -4.47. The van der Waals surface area contributed by atoms with E-state index in [1.54, 1.807) is 20.8 Å². The summed E-state index contributed by atoms with van der Waals surface area (Å²) < 4.78 is 50.4. The molecular weight excluding hydrogens is 377 g/mol. The van der Waals surface area contributed by atoms with Crippen LogP contribution in [0.1, 0.15) is 35.9 Å². The highest BCUT2D eigenvalue weighted by Gasteiger charge is 2.35. The van der Waals surface area contributed by atoms with Gasteiger partial charge >= 0.3 is 18.1 Å². The van der Waals surface area contributed by atoms with E-state index < -0.39 is 29.8 Å². The van der Waals surface area contributed by atoms with Crippen LogP contribution in [0, 0.1) is 13.8 Å². The third-order valence-electron chi connectivity index (χ3n) is 4.58. The number of rotatable bonds is 4. The summed E-state index contributed by atoms with van der Waals surface area (Å²) in [5.41, 5.74) is 1.02. The number of hydrogen-bond donors (Lipinski definition) is 0. The second-order valence-corrected chi connectivity index (χ2v) is 6.75. The molecule has 28 heavy (non-hydrogen) atoms. The number of carbonyl (C=O) groups is 2. The van der Waals surface area contributed by atoms with Crippen LogP contribution in [0.4, 0.5) is 13.2 Å². The molecule has 0 unspecified atom stereocenters. The maximum atomic E-state index is 13.0. The van der Waals surface area contributed by atoms with Crippen LogP contribution < -0.4 is 0 Å². The molecule has 1 aliphatic rings. The van der Waals surface area contributed by atoms with Crippen molar-refractivity contribution in [2.75, 3.05) is 0 Å². The average molecular weight is 396 g/mol. The summed E-state index contributed by atoms with van der Waals surface area (Å²) in [4.78, 5) is 23.8. The van der Waals surface area contributed by atoms with Crippen LogP contribution in [0.15, 0.2) is 24.3 Å². The van der Waals surface area contributed by atoms with Crippen LogP contribution in [-0.2, 0) is 31.7 Å². The number of aryl methyl sites for hydroxylation is 1. The Bertz CT molecular complexity index is 920. The monoisotopic (exact) mass is 396 g/mol. The van der Waals surface area contributed by atoms with Crippen LogP contribution in [0.5, 0.6) is 0 Å². The fraction of sp³-hybridized carbons (Fsp3) is 0.421. The van der Waals surface area contributed by atoms with Gasteiger partial charge < -0.3 is 9.47 Å². The summed E-state index contributed by atoms with van der Waals surface area (Å²) in [5.74, 6) is -1.19. The molecule has 1 aromatic carbocycles. The number of cyclic esters (lactones) is 1.